The van der Waals surface area contributed by atoms with Crippen LogP contribution in [-0.2, 0) is 15.1 Å². The summed E-state index contributed by atoms with van der Waals surface area (Å²) < 4.78 is 28.0. The number of aliphatic hydroxyl groups is 2. The van der Waals surface area contributed by atoms with E-state index in [1.165, 1.54) is 17.1 Å². The van der Waals surface area contributed by atoms with Crippen LogP contribution in [0.5, 0.6) is 0 Å². The van der Waals surface area contributed by atoms with Gasteiger partial charge in [0.05, 0.1) is 19.1 Å². The molecular weight excluding hydrogens is 487 g/mol. The van der Waals surface area contributed by atoms with E-state index in [2.05, 4.69) is 15.0 Å². The molecule has 6 rings (SSSR count). The van der Waals surface area contributed by atoms with E-state index in [0.717, 1.165) is 16.7 Å². The van der Waals surface area contributed by atoms with Crippen LogP contribution >= 0.6 is 0 Å². The summed E-state index contributed by atoms with van der Waals surface area (Å²) in [6, 6.07) is 29.5. The molecule has 0 unspecified atom stereocenters. The monoisotopic (exact) mass is 512 g/mol. The molecule has 5 aromatic rings. The third kappa shape index (κ3) is 4.15. The first kappa shape index (κ1) is 24.3. The van der Waals surface area contributed by atoms with Crippen molar-refractivity contribution >= 4 is 11.2 Å². The fourth-order valence-electron chi connectivity index (χ4n) is 5.06. The van der Waals surface area contributed by atoms with Gasteiger partial charge in [-0.25, -0.2) is 9.97 Å². The molecule has 4 atom stereocenters. The number of nitrogens with zero attached hydrogens (tertiary/aromatic N) is 4. The van der Waals surface area contributed by atoms with Crippen molar-refractivity contribution in [1.82, 2.24) is 19.5 Å². The zero-order valence-electron chi connectivity index (χ0n) is 20.2. The third-order valence-electron chi connectivity index (χ3n) is 6.90. The fraction of sp³-hybridized carbons (Fsp3) is 0.207. The minimum Gasteiger partial charge on any atom is -0.387 e. The highest BCUT2D eigenvalue weighted by Gasteiger charge is 2.46. The van der Waals surface area contributed by atoms with Crippen molar-refractivity contribution in [2.24, 2.45) is 0 Å². The Bertz CT molecular complexity index is 1420. The van der Waals surface area contributed by atoms with Crippen LogP contribution in [0.3, 0.4) is 0 Å². The van der Waals surface area contributed by atoms with Gasteiger partial charge in [-0.1, -0.05) is 91.0 Å². The first-order valence-corrected chi connectivity index (χ1v) is 12.2. The first-order valence-electron chi connectivity index (χ1n) is 12.2. The molecule has 0 bridgehead atoms. The number of rotatable bonds is 7. The Morgan fingerprint density at radius 1 is 0.816 bits per heavy atom. The van der Waals surface area contributed by atoms with Gasteiger partial charge in [0.2, 0.25) is 0 Å². The summed E-state index contributed by atoms with van der Waals surface area (Å²) >= 11 is 0. The van der Waals surface area contributed by atoms with Gasteiger partial charge < -0.3 is 19.7 Å². The van der Waals surface area contributed by atoms with Crippen molar-refractivity contribution in [3.8, 4) is 0 Å². The van der Waals surface area contributed by atoms with Crippen molar-refractivity contribution in [2.45, 2.75) is 30.1 Å². The van der Waals surface area contributed by atoms with Crippen molar-refractivity contribution in [2.75, 3.05) is 6.61 Å². The maximum atomic E-state index is 13.7. The highest BCUT2D eigenvalue weighted by molar-refractivity contribution is 5.69. The zero-order valence-corrected chi connectivity index (χ0v) is 20.2. The molecule has 2 N–H and O–H groups in total. The van der Waals surface area contributed by atoms with Crippen LogP contribution < -0.4 is 0 Å². The largest absolute Gasteiger partial charge is 0.387 e. The minimum absolute atomic E-state index is 0.0522. The molecule has 0 amide bonds. The number of hydrogen-bond donors (Lipinski definition) is 2. The molecule has 1 aliphatic rings. The van der Waals surface area contributed by atoms with Gasteiger partial charge in [-0.15, -0.1) is 0 Å². The maximum absolute atomic E-state index is 13.7. The molecule has 0 spiro atoms. The Morgan fingerprint density at radius 3 is 1.92 bits per heavy atom. The molecule has 38 heavy (non-hydrogen) atoms. The molecule has 8 nitrogen and oxygen atoms in total. The van der Waals surface area contributed by atoms with Gasteiger partial charge in [-0.05, 0) is 16.7 Å². The number of aliphatic hydroxyl groups excluding tert-OH is 2. The van der Waals surface area contributed by atoms with Gasteiger partial charge in [-0.3, -0.25) is 4.57 Å². The summed E-state index contributed by atoms with van der Waals surface area (Å²) in [7, 11) is 0. The zero-order chi connectivity index (χ0) is 26.1. The molecule has 3 aromatic carbocycles. The standard InChI is InChI=1S/C29H25FN4O4/c30-28-31-16-22-26(33-28)34(18-32-22)27-25(36)24(35)23(38-27)17-37-29(19-10-4-1-5-11-19,20-12-6-2-7-13-20)21-14-8-3-9-15-21/h1-16,18,23-25,27,35-36H,17H2/t23-,24-,25-,27-/m1/s1. The van der Waals surface area contributed by atoms with Gasteiger partial charge >= 0.3 is 6.08 Å². The molecule has 0 radical (unpaired) electrons. The lowest BCUT2D eigenvalue weighted by Crippen LogP contribution is -2.39. The van der Waals surface area contributed by atoms with Crippen LogP contribution in [0.15, 0.2) is 104 Å². The molecule has 1 saturated heterocycles. The number of aromatic nitrogens is 4. The van der Waals surface area contributed by atoms with E-state index in [1.807, 2.05) is 91.0 Å². The Morgan fingerprint density at radius 2 is 1.37 bits per heavy atom. The summed E-state index contributed by atoms with van der Waals surface area (Å²) in [6.45, 7) is -0.0522. The van der Waals surface area contributed by atoms with Crippen LogP contribution in [0, 0.1) is 6.08 Å². The topological polar surface area (TPSA) is 103 Å². The van der Waals surface area contributed by atoms with E-state index in [-0.39, 0.29) is 12.3 Å². The van der Waals surface area contributed by atoms with E-state index in [4.69, 9.17) is 9.47 Å². The van der Waals surface area contributed by atoms with Gasteiger partial charge in [0.15, 0.2) is 11.9 Å². The summed E-state index contributed by atoms with van der Waals surface area (Å²) in [6.07, 6.45) is -2.83. The van der Waals surface area contributed by atoms with Gasteiger partial charge in [-0.2, -0.15) is 9.37 Å². The quantitative estimate of drug-likeness (QED) is 0.254. The van der Waals surface area contributed by atoms with E-state index in [9.17, 15) is 14.6 Å². The van der Waals surface area contributed by atoms with E-state index >= 15 is 0 Å². The molecule has 0 aliphatic carbocycles. The molecule has 192 valence electrons. The number of fused-ring (bicyclic) bond motifs is 1. The lowest BCUT2D eigenvalue weighted by atomic mass is 9.80. The Labute approximate surface area is 218 Å². The van der Waals surface area contributed by atoms with Crippen LogP contribution in [0.4, 0.5) is 4.39 Å². The first-order chi connectivity index (χ1) is 18.6. The fourth-order valence-corrected chi connectivity index (χ4v) is 5.06. The van der Waals surface area contributed by atoms with Crippen molar-refractivity contribution in [1.29, 1.82) is 0 Å². The van der Waals surface area contributed by atoms with Crippen LogP contribution in [0.25, 0.3) is 11.2 Å². The molecule has 2 aromatic heterocycles. The number of ether oxygens (including phenoxy) is 2. The molecule has 1 aliphatic heterocycles. The van der Waals surface area contributed by atoms with Crippen LogP contribution in [-0.4, -0.2) is 54.7 Å². The predicted molar refractivity (Wildman–Crippen MR) is 136 cm³/mol. The molecule has 3 heterocycles. The number of benzene rings is 3. The second kappa shape index (κ2) is 10.0. The second-order valence-electron chi connectivity index (χ2n) is 9.14. The SMILES string of the molecule is O[C@@H]1[C@H](O)[C@@H](COC(c2ccccc2)(c2ccccc2)c2ccccc2)O[C@H]1n1cnc2cnc(F)nc21. The molecule has 9 heteroatoms. The smallest absolute Gasteiger partial charge is 0.310 e. The summed E-state index contributed by atoms with van der Waals surface area (Å²) in [5.41, 5.74) is 2.17. The van der Waals surface area contributed by atoms with E-state index in [0.29, 0.717) is 5.52 Å². The van der Waals surface area contributed by atoms with Crippen LogP contribution in [0.1, 0.15) is 22.9 Å². The summed E-state index contributed by atoms with van der Waals surface area (Å²) in [4.78, 5) is 11.5. The lowest BCUT2D eigenvalue weighted by molar-refractivity contribution is -0.0942. The molecule has 1 fully saturated rings. The summed E-state index contributed by atoms with van der Waals surface area (Å²) in [5, 5.41) is 21.9. The highest BCUT2D eigenvalue weighted by Crippen LogP contribution is 2.41. The number of imidazole rings is 1. The molecule has 0 saturated carbocycles. The normalized spacial score (nSPS) is 21.7. The van der Waals surface area contributed by atoms with Crippen molar-refractivity contribution in [3.05, 3.63) is 126 Å². The average Bonchev–Trinajstić information content (AvgIpc) is 3.50. The predicted octanol–water partition coefficient (Wildman–Crippen LogP) is 3.59. The Hall–Kier alpha value is -4.02. The number of hydrogen-bond acceptors (Lipinski definition) is 7. The van der Waals surface area contributed by atoms with Crippen molar-refractivity contribution in [3.63, 3.8) is 0 Å². The maximum Gasteiger partial charge on any atom is 0.310 e. The molecular formula is C29H25FN4O4. The van der Waals surface area contributed by atoms with Gasteiger partial charge in [0.1, 0.15) is 29.4 Å². The van der Waals surface area contributed by atoms with Crippen LogP contribution in [0.2, 0.25) is 0 Å². The summed E-state index contributed by atoms with van der Waals surface area (Å²) in [5.74, 6) is 0. The number of halogens is 1. The highest BCUT2D eigenvalue weighted by atomic mass is 19.1. The Balaban J connectivity index is 1.36. The third-order valence-corrected chi connectivity index (χ3v) is 6.90. The van der Waals surface area contributed by atoms with E-state index in [1.54, 1.807) is 0 Å². The van der Waals surface area contributed by atoms with E-state index < -0.39 is 36.2 Å². The van der Waals surface area contributed by atoms with Crippen molar-refractivity contribution < 1.29 is 24.1 Å². The van der Waals surface area contributed by atoms with Gasteiger partial charge in [0, 0.05) is 0 Å². The average molecular weight is 513 g/mol. The second-order valence-corrected chi connectivity index (χ2v) is 9.14. The minimum atomic E-state index is -1.32. The lowest BCUT2D eigenvalue weighted by Gasteiger charge is -2.37. The Kier molecular flexibility index (Phi) is 6.42. The van der Waals surface area contributed by atoms with Gasteiger partial charge in [0.25, 0.3) is 0 Å².